The molecular weight excluding hydrogens is 276 g/mol. The van der Waals surface area contributed by atoms with Crippen molar-refractivity contribution < 1.29 is 28.5 Å². The lowest BCUT2D eigenvalue weighted by Crippen LogP contribution is -2.44. The second-order valence-electron chi connectivity index (χ2n) is 4.98. The van der Waals surface area contributed by atoms with E-state index in [0.29, 0.717) is 32.8 Å². The molecule has 1 rings (SSSR count). The largest absolute Gasteiger partial charge is 0.464 e. The van der Waals surface area contributed by atoms with Gasteiger partial charge in [0.05, 0.1) is 26.4 Å². The van der Waals surface area contributed by atoms with E-state index in [4.69, 9.17) is 18.9 Å². The summed E-state index contributed by atoms with van der Waals surface area (Å²) in [4.78, 5) is 24.1. The van der Waals surface area contributed by atoms with Crippen LogP contribution in [0.15, 0.2) is 0 Å². The van der Waals surface area contributed by atoms with Crippen molar-refractivity contribution in [3.8, 4) is 0 Å². The molecule has 2 atom stereocenters. The monoisotopic (exact) mass is 302 g/mol. The van der Waals surface area contributed by atoms with Crippen molar-refractivity contribution in [2.75, 3.05) is 26.4 Å². The zero-order chi connectivity index (χ0) is 15.5. The summed E-state index contributed by atoms with van der Waals surface area (Å²) in [7, 11) is 0. The van der Waals surface area contributed by atoms with Gasteiger partial charge in [0.1, 0.15) is 0 Å². The van der Waals surface area contributed by atoms with Crippen LogP contribution in [0.3, 0.4) is 0 Å². The highest BCUT2D eigenvalue weighted by molar-refractivity contribution is 5.85. The molecule has 0 N–H and O–H groups in total. The molecule has 0 spiro atoms. The third kappa shape index (κ3) is 6.44. The highest BCUT2D eigenvalue weighted by atomic mass is 16.6. The summed E-state index contributed by atoms with van der Waals surface area (Å²) in [5.74, 6) is -1.11. The van der Waals surface area contributed by atoms with Gasteiger partial charge in [-0.25, -0.2) is 9.59 Å². The molecule has 1 saturated heterocycles. The first-order valence-corrected chi connectivity index (χ1v) is 7.77. The molecule has 0 radical (unpaired) electrons. The number of carbonyl (C=O) groups is 2. The molecule has 6 heteroatoms. The fourth-order valence-corrected chi connectivity index (χ4v) is 1.84. The predicted octanol–water partition coefficient (Wildman–Crippen LogP) is 1.85. The maximum atomic E-state index is 12.0. The fraction of sp³-hybridized carbons (Fsp3) is 0.867. The number of carbonyl (C=O) groups excluding carboxylic acids is 2. The molecular formula is C15H26O6. The van der Waals surface area contributed by atoms with Crippen LogP contribution >= 0.6 is 0 Å². The first-order valence-electron chi connectivity index (χ1n) is 7.77. The lowest BCUT2D eigenvalue weighted by atomic mass is 10.2. The van der Waals surface area contributed by atoms with Gasteiger partial charge < -0.3 is 18.9 Å². The van der Waals surface area contributed by atoms with E-state index in [1.165, 1.54) is 0 Å². The molecule has 0 bridgehead atoms. The van der Waals surface area contributed by atoms with E-state index < -0.39 is 24.1 Å². The van der Waals surface area contributed by atoms with Crippen molar-refractivity contribution in [1.82, 2.24) is 0 Å². The molecule has 2 unspecified atom stereocenters. The molecule has 21 heavy (non-hydrogen) atoms. The third-order valence-electron chi connectivity index (χ3n) is 3.11. The molecule has 0 saturated carbocycles. The fourth-order valence-electron chi connectivity index (χ4n) is 1.84. The van der Waals surface area contributed by atoms with Gasteiger partial charge >= 0.3 is 11.9 Å². The number of unbranched alkanes of at least 4 members (excludes halogenated alkanes) is 2. The number of ether oxygens (including phenoxy) is 4. The second-order valence-corrected chi connectivity index (χ2v) is 4.98. The smallest absolute Gasteiger partial charge is 0.338 e. The van der Waals surface area contributed by atoms with Crippen LogP contribution in [0.1, 0.15) is 46.0 Å². The van der Waals surface area contributed by atoms with E-state index in [9.17, 15) is 9.59 Å². The summed E-state index contributed by atoms with van der Waals surface area (Å²) >= 11 is 0. The first-order chi connectivity index (χ1) is 10.2. The van der Waals surface area contributed by atoms with Gasteiger partial charge in [-0.2, -0.15) is 0 Å². The Morgan fingerprint density at radius 1 is 0.905 bits per heavy atom. The average molecular weight is 302 g/mol. The number of hydrogen-bond donors (Lipinski definition) is 0. The summed E-state index contributed by atoms with van der Waals surface area (Å²) in [6, 6.07) is 0. The Kier molecular flexibility index (Phi) is 9.01. The van der Waals surface area contributed by atoms with Gasteiger partial charge in [-0.1, -0.05) is 26.7 Å². The zero-order valence-corrected chi connectivity index (χ0v) is 13.0. The maximum absolute atomic E-state index is 12.0. The average Bonchev–Trinajstić information content (AvgIpc) is 2.73. The number of esters is 2. The summed E-state index contributed by atoms with van der Waals surface area (Å²) in [6.45, 7) is 5.40. The highest BCUT2D eigenvalue weighted by Gasteiger charge is 2.39. The van der Waals surface area contributed by atoms with Gasteiger partial charge in [0.15, 0.2) is 12.2 Å². The topological polar surface area (TPSA) is 71.1 Å². The minimum absolute atomic E-state index is 0.326. The normalized spacial score (nSPS) is 22.4. The SMILES string of the molecule is CCCCOC(=O)C1OCCCOC1C(=O)OCCCC. The molecule has 0 aliphatic carbocycles. The summed E-state index contributed by atoms with van der Waals surface area (Å²) in [5, 5.41) is 0. The molecule has 1 heterocycles. The summed E-state index contributed by atoms with van der Waals surface area (Å²) < 4.78 is 21.1. The Balaban J connectivity index is 2.57. The van der Waals surface area contributed by atoms with Crippen LogP contribution in [0.4, 0.5) is 0 Å². The Labute approximate surface area is 126 Å². The van der Waals surface area contributed by atoms with Crippen LogP contribution in [0.2, 0.25) is 0 Å². The van der Waals surface area contributed by atoms with E-state index >= 15 is 0 Å². The van der Waals surface area contributed by atoms with Crippen LogP contribution in [0.25, 0.3) is 0 Å². The van der Waals surface area contributed by atoms with Crippen molar-refractivity contribution >= 4 is 11.9 Å². The molecule has 1 aliphatic heterocycles. The molecule has 1 fully saturated rings. The van der Waals surface area contributed by atoms with Crippen LogP contribution in [0, 0.1) is 0 Å². The Bertz CT molecular complexity index is 287. The molecule has 0 aromatic heterocycles. The van der Waals surface area contributed by atoms with Crippen LogP contribution in [0.5, 0.6) is 0 Å². The summed E-state index contributed by atoms with van der Waals surface area (Å²) in [5.41, 5.74) is 0. The van der Waals surface area contributed by atoms with Gasteiger partial charge in [0.2, 0.25) is 0 Å². The maximum Gasteiger partial charge on any atom is 0.338 e. The van der Waals surface area contributed by atoms with Crippen molar-refractivity contribution in [1.29, 1.82) is 0 Å². The van der Waals surface area contributed by atoms with Crippen molar-refractivity contribution in [3.05, 3.63) is 0 Å². The molecule has 122 valence electrons. The Morgan fingerprint density at radius 2 is 1.33 bits per heavy atom. The van der Waals surface area contributed by atoms with Crippen molar-refractivity contribution in [2.45, 2.75) is 58.2 Å². The Hall–Kier alpha value is -1.14. The lowest BCUT2D eigenvalue weighted by molar-refractivity contribution is -0.178. The van der Waals surface area contributed by atoms with Crippen molar-refractivity contribution in [2.24, 2.45) is 0 Å². The van der Waals surface area contributed by atoms with Crippen LogP contribution in [-0.2, 0) is 28.5 Å². The molecule has 6 nitrogen and oxygen atoms in total. The second kappa shape index (κ2) is 10.6. The van der Waals surface area contributed by atoms with Crippen LogP contribution < -0.4 is 0 Å². The van der Waals surface area contributed by atoms with E-state index in [0.717, 1.165) is 25.7 Å². The minimum Gasteiger partial charge on any atom is -0.464 e. The Morgan fingerprint density at radius 3 is 1.71 bits per heavy atom. The summed E-state index contributed by atoms with van der Waals surface area (Å²) in [6.07, 6.45) is 2.00. The zero-order valence-electron chi connectivity index (χ0n) is 13.0. The number of rotatable bonds is 8. The van der Waals surface area contributed by atoms with Gasteiger partial charge in [0, 0.05) is 0 Å². The van der Waals surface area contributed by atoms with Gasteiger partial charge in [0.25, 0.3) is 0 Å². The van der Waals surface area contributed by atoms with Crippen LogP contribution in [-0.4, -0.2) is 50.6 Å². The third-order valence-corrected chi connectivity index (χ3v) is 3.11. The number of hydrogen-bond acceptors (Lipinski definition) is 6. The van der Waals surface area contributed by atoms with Gasteiger partial charge in [-0.05, 0) is 19.3 Å². The highest BCUT2D eigenvalue weighted by Crippen LogP contribution is 2.14. The van der Waals surface area contributed by atoms with E-state index in [-0.39, 0.29) is 0 Å². The van der Waals surface area contributed by atoms with E-state index in [1.54, 1.807) is 0 Å². The lowest BCUT2D eigenvalue weighted by Gasteiger charge is -2.21. The predicted molar refractivity (Wildman–Crippen MR) is 75.8 cm³/mol. The minimum atomic E-state index is -1.03. The van der Waals surface area contributed by atoms with Gasteiger partial charge in [-0.15, -0.1) is 0 Å². The standard InChI is InChI=1S/C15H26O6/c1-3-5-8-20-14(16)12-13(19-11-7-10-18-12)15(17)21-9-6-4-2/h12-13H,3-11H2,1-2H3. The molecule has 0 amide bonds. The van der Waals surface area contributed by atoms with E-state index in [1.807, 2.05) is 13.8 Å². The van der Waals surface area contributed by atoms with Gasteiger partial charge in [-0.3, -0.25) is 0 Å². The quantitative estimate of drug-likeness (QED) is 0.503. The molecule has 0 aromatic rings. The van der Waals surface area contributed by atoms with Crippen molar-refractivity contribution in [3.63, 3.8) is 0 Å². The van der Waals surface area contributed by atoms with E-state index in [2.05, 4.69) is 0 Å². The first kappa shape index (κ1) is 17.9. The molecule has 1 aliphatic rings. The molecule has 0 aromatic carbocycles.